The minimum Gasteiger partial charge on any atom is -0.486 e. The molecular weight excluding hydrogens is 670 g/mol. The summed E-state index contributed by atoms with van der Waals surface area (Å²) in [5, 5.41) is 20.6. The third-order valence-electron chi connectivity index (χ3n) is 10.2. The molecule has 2 aromatic carbocycles. The van der Waals surface area contributed by atoms with Crippen LogP contribution < -0.4 is 10.1 Å². The summed E-state index contributed by atoms with van der Waals surface area (Å²) >= 11 is 0. The number of hydrogen-bond donors (Lipinski definition) is 1. The molecule has 2 aromatic heterocycles. The number of para-hydroxylation sites is 1. The average molecular weight is 724 g/mol. The molecule has 4 heterocycles. The van der Waals surface area contributed by atoms with Gasteiger partial charge in [0, 0.05) is 26.7 Å². The van der Waals surface area contributed by atoms with Crippen molar-refractivity contribution in [1.82, 2.24) is 45.1 Å². The summed E-state index contributed by atoms with van der Waals surface area (Å²) in [6.45, 7) is 6.16. The van der Waals surface area contributed by atoms with Gasteiger partial charge in [-0.25, -0.2) is 0 Å². The van der Waals surface area contributed by atoms with Crippen molar-refractivity contribution < 1.29 is 19.1 Å². The Hall–Kier alpha value is -5.07. The van der Waals surface area contributed by atoms with Crippen molar-refractivity contribution in [2.45, 2.75) is 116 Å². The van der Waals surface area contributed by atoms with Crippen LogP contribution in [0.1, 0.15) is 105 Å². The lowest BCUT2D eigenvalue weighted by molar-refractivity contribution is -0.145. The van der Waals surface area contributed by atoms with E-state index in [1.807, 2.05) is 59.9 Å². The standard InChI is InChI=1S/C40H53N9O4/c1-29(2)24-33-39(51)49-23-15-19-35(49)40(52)46(3)36(25-30-16-9-8-10-17-30)34-27-48(45-43-34)22-14-7-5-4-6-13-21-47-26-31(42-44-47)28-53-37-20-12-11-18-32(37)38(50)41-33/h8-12,16-18,20,26-27,29,33,35-36H,4-7,13-15,19,21-25,28H2,1-3H3,(H,41,50)/t33-,35-,36+/m1/s1. The van der Waals surface area contributed by atoms with Crippen molar-refractivity contribution in [3.63, 3.8) is 0 Å². The summed E-state index contributed by atoms with van der Waals surface area (Å²) in [4.78, 5) is 46.1. The van der Waals surface area contributed by atoms with Gasteiger partial charge in [0.15, 0.2) is 0 Å². The number of carbonyl (C=O) groups excluding carboxylic acids is 3. The van der Waals surface area contributed by atoms with Crippen molar-refractivity contribution in [1.29, 1.82) is 0 Å². The summed E-state index contributed by atoms with van der Waals surface area (Å²) in [7, 11) is 1.80. The van der Waals surface area contributed by atoms with Crippen LogP contribution in [0.2, 0.25) is 0 Å². The molecule has 0 radical (unpaired) electrons. The number of hydrogen-bond acceptors (Lipinski definition) is 8. The number of carbonyl (C=O) groups is 3. The number of nitrogens with zero attached hydrogens (tertiary/aromatic N) is 8. The minimum atomic E-state index is -0.822. The smallest absolute Gasteiger partial charge is 0.255 e. The second kappa shape index (κ2) is 18.1. The van der Waals surface area contributed by atoms with E-state index in [1.54, 1.807) is 35.0 Å². The highest BCUT2D eigenvalue weighted by Gasteiger charge is 2.41. The van der Waals surface area contributed by atoms with E-state index in [2.05, 4.69) is 38.1 Å². The molecular formula is C40H53N9O4. The van der Waals surface area contributed by atoms with Crippen LogP contribution in [0.15, 0.2) is 67.0 Å². The molecule has 4 bridgehead atoms. The van der Waals surface area contributed by atoms with Crippen LogP contribution in [-0.4, -0.2) is 83.2 Å². The first kappa shape index (κ1) is 37.7. The van der Waals surface area contributed by atoms with Gasteiger partial charge in [-0.2, -0.15) is 0 Å². The molecule has 3 amide bonds. The van der Waals surface area contributed by atoms with E-state index in [0.717, 1.165) is 62.9 Å². The largest absolute Gasteiger partial charge is 0.486 e. The molecule has 4 aromatic rings. The molecule has 2 aliphatic heterocycles. The average Bonchev–Trinajstić information content (AvgIpc) is 3.95. The van der Waals surface area contributed by atoms with Gasteiger partial charge in [0.25, 0.3) is 5.91 Å². The van der Waals surface area contributed by atoms with Gasteiger partial charge in [0.2, 0.25) is 11.8 Å². The quantitative estimate of drug-likeness (QED) is 0.296. The maximum atomic E-state index is 14.4. The Morgan fingerprint density at radius 3 is 2.23 bits per heavy atom. The summed E-state index contributed by atoms with van der Waals surface area (Å²) in [5.74, 6) is -0.306. The summed E-state index contributed by atoms with van der Waals surface area (Å²) in [5.41, 5.74) is 2.79. The molecule has 1 N–H and O–H groups in total. The monoisotopic (exact) mass is 723 g/mol. The van der Waals surface area contributed by atoms with Crippen LogP contribution >= 0.6 is 0 Å². The van der Waals surface area contributed by atoms with Crippen LogP contribution in [0.5, 0.6) is 5.75 Å². The van der Waals surface area contributed by atoms with Crippen molar-refractivity contribution in [3.05, 3.63) is 89.5 Å². The highest BCUT2D eigenvalue weighted by molar-refractivity contribution is 6.00. The molecule has 0 aliphatic carbocycles. The predicted octanol–water partition coefficient (Wildman–Crippen LogP) is 5.38. The van der Waals surface area contributed by atoms with E-state index in [4.69, 9.17) is 4.74 Å². The predicted molar refractivity (Wildman–Crippen MR) is 200 cm³/mol. The van der Waals surface area contributed by atoms with Crippen LogP contribution in [-0.2, 0) is 35.7 Å². The van der Waals surface area contributed by atoms with Crippen LogP contribution in [0.4, 0.5) is 0 Å². The normalized spacial score (nSPS) is 21.4. The Labute approximate surface area is 312 Å². The molecule has 1 saturated heterocycles. The van der Waals surface area contributed by atoms with Gasteiger partial charge in [-0.1, -0.05) is 92.4 Å². The second-order valence-electron chi connectivity index (χ2n) is 14.8. The Balaban J connectivity index is 1.27. The van der Waals surface area contributed by atoms with Crippen LogP contribution in [0.25, 0.3) is 0 Å². The Morgan fingerprint density at radius 1 is 0.792 bits per heavy atom. The lowest BCUT2D eigenvalue weighted by atomic mass is 10.00. The van der Waals surface area contributed by atoms with E-state index >= 15 is 0 Å². The summed E-state index contributed by atoms with van der Waals surface area (Å²) in [6, 6.07) is 15.2. The van der Waals surface area contributed by atoms with Gasteiger partial charge in [-0.15, -0.1) is 10.2 Å². The van der Waals surface area contributed by atoms with E-state index in [0.29, 0.717) is 49.2 Å². The number of aryl methyl sites for hydroxylation is 2. The number of ether oxygens (including phenoxy) is 1. The van der Waals surface area contributed by atoms with Crippen LogP contribution in [0, 0.1) is 5.92 Å². The number of amides is 3. The molecule has 13 heteroatoms. The van der Waals surface area contributed by atoms with E-state index in [9.17, 15) is 14.4 Å². The summed E-state index contributed by atoms with van der Waals surface area (Å²) in [6.07, 6.45) is 12.5. The maximum absolute atomic E-state index is 14.4. The lowest BCUT2D eigenvalue weighted by Crippen LogP contribution is -2.54. The molecule has 0 spiro atoms. The SMILES string of the molecule is CC(C)C[C@H]1NC(=O)c2ccccc2OCc2cn(nn2)CCCCCCCCn2cc(nn2)[C@H](Cc2ccccc2)N(C)C(=O)[C@H]2CCCN2C1=O. The van der Waals surface area contributed by atoms with Crippen LogP contribution in [0.3, 0.4) is 0 Å². The van der Waals surface area contributed by atoms with Crippen molar-refractivity contribution in [2.75, 3.05) is 13.6 Å². The van der Waals surface area contributed by atoms with Crippen molar-refractivity contribution in [2.24, 2.45) is 5.92 Å². The molecule has 2 aliphatic rings. The number of nitrogens with one attached hydrogen (secondary N) is 1. The van der Waals surface area contributed by atoms with Gasteiger partial charge in [-0.3, -0.25) is 23.7 Å². The third-order valence-corrected chi connectivity index (χ3v) is 10.2. The Morgan fingerprint density at radius 2 is 1.47 bits per heavy atom. The number of rotatable bonds is 4. The van der Waals surface area contributed by atoms with Gasteiger partial charge < -0.3 is 19.9 Å². The topological polar surface area (TPSA) is 140 Å². The van der Waals surface area contributed by atoms with Crippen molar-refractivity contribution >= 4 is 17.7 Å². The first-order valence-electron chi connectivity index (χ1n) is 19.2. The molecule has 0 saturated carbocycles. The molecule has 53 heavy (non-hydrogen) atoms. The number of likely N-dealkylation sites (N-methyl/N-ethyl adjacent to an activating group) is 1. The zero-order valence-corrected chi connectivity index (χ0v) is 31.3. The Bertz CT molecular complexity index is 1810. The second-order valence-corrected chi connectivity index (χ2v) is 14.8. The molecule has 0 unspecified atom stereocenters. The molecule has 3 atom stereocenters. The van der Waals surface area contributed by atoms with Gasteiger partial charge in [0.1, 0.15) is 35.8 Å². The molecule has 13 nitrogen and oxygen atoms in total. The molecule has 1 fully saturated rings. The fourth-order valence-corrected chi connectivity index (χ4v) is 7.36. The van der Waals surface area contributed by atoms with E-state index < -0.39 is 18.0 Å². The summed E-state index contributed by atoms with van der Waals surface area (Å²) < 4.78 is 9.82. The fraction of sp³-hybridized carbons (Fsp3) is 0.525. The lowest BCUT2D eigenvalue weighted by Gasteiger charge is -2.34. The Kier molecular flexibility index (Phi) is 12.9. The van der Waals surface area contributed by atoms with Gasteiger partial charge in [0.05, 0.1) is 24.0 Å². The molecule has 6 rings (SSSR count). The fourth-order valence-electron chi connectivity index (χ4n) is 7.36. The van der Waals surface area contributed by atoms with E-state index in [1.165, 1.54) is 0 Å². The maximum Gasteiger partial charge on any atom is 0.255 e. The zero-order valence-electron chi connectivity index (χ0n) is 31.3. The van der Waals surface area contributed by atoms with Crippen molar-refractivity contribution in [3.8, 4) is 5.75 Å². The first-order chi connectivity index (χ1) is 25.8. The highest BCUT2D eigenvalue weighted by Crippen LogP contribution is 2.28. The number of aromatic nitrogens is 6. The van der Waals surface area contributed by atoms with Gasteiger partial charge in [-0.05, 0) is 62.1 Å². The molecule has 282 valence electrons. The highest BCUT2D eigenvalue weighted by atomic mass is 16.5. The van der Waals surface area contributed by atoms with Gasteiger partial charge >= 0.3 is 0 Å². The number of fused-ring (bicyclic) bond motifs is 6. The first-order valence-corrected chi connectivity index (χ1v) is 19.2. The minimum absolute atomic E-state index is 0.111. The zero-order chi connectivity index (χ0) is 37.2. The third kappa shape index (κ3) is 9.88. The van der Waals surface area contributed by atoms with E-state index in [-0.39, 0.29) is 30.4 Å². The number of benzene rings is 2.